The molecule has 0 spiro atoms. The van der Waals surface area contributed by atoms with Crippen molar-refractivity contribution >= 4 is 11.6 Å². The molecule has 0 aliphatic rings. The summed E-state index contributed by atoms with van der Waals surface area (Å²) in [7, 11) is 1.92. The van der Waals surface area contributed by atoms with Crippen molar-refractivity contribution in [2.45, 2.75) is 19.4 Å². The molecule has 2 rings (SSSR count). The summed E-state index contributed by atoms with van der Waals surface area (Å²) >= 11 is 5.79. The Hall–Kier alpha value is -1.59. The van der Waals surface area contributed by atoms with Gasteiger partial charge in [-0.15, -0.1) is 10.2 Å². The van der Waals surface area contributed by atoms with E-state index in [0.717, 1.165) is 25.1 Å². The van der Waals surface area contributed by atoms with Crippen LogP contribution < -0.4 is 10.1 Å². The molecule has 102 valence electrons. The average molecular weight is 282 g/mol. The van der Waals surface area contributed by atoms with Crippen LogP contribution in [0.15, 0.2) is 28.7 Å². The van der Waals surface area contributed by atoms with Crippen molar-refractivity contribution in [1.82, 2.24) is 15.5 Å². The molecule has 0 saturated carbocycles. The molecule has 0 saturated heterocycles. The minimum atomic E-state index is 0.265. The average Bonchev–Trinajstić information content (AvgIpc) is 2.86. The van der Waals surface area contributed by atoms with Gasteiger partial charge in [0.15, 0.2) is 6.61 Å². The molecule has 5 nitrogen and oxygen atoms in total. The molecule has 6 heteroatoms. The second-order valence-corrected chi connectivity index (χ2v) is 4.48. The van der Waals surface area contributed by atoms with Gasteiger partial charge in [0.1, 0.15) is 5.75 Å². The van der Waals surface area contributed by atoms with Gasteiger partial charge in [-0.1, -0.05) is 11.6 Å². The number of halogens is 1. The predicted molar refractivity (Wildman–Crippen MR) is 72.3 cm³/mol. The molecule has 0 amide bonds. The van der Waals surface area contributed by atoms with Crippen molar-refractivity contribution in [3.63, 3.8) is 0 Å². The van der Waals surface area contributed by atoms with Gasteiger partial charge >= 0.3 is 0 Å². The van der Waals surface area contributed by atoms with Crippen LogP contribution in [0.3, 0.4) is 0 Å². The first-order valence-corrected chi connectivity index (χ1v) is 6.50. The van der Waals surface area contributed by atoms with Gasteiger partial charge in [-0.25, -0.2) is 0 Å². The van der Waals surface area contributed by atoms with Crippen molar-refractivity contribution in [2.24, 2.45) is 0 Å². The van der Waals surface area contributed by atoms with Crippen LogP contribution in [0.2, 0.25) is 5.02 Å². The summed E-state index contributed by atoms with van der Waals surface area (Å²) in [6.07, 6.45) is 1.74. The fraction of sp³-hybridized carbons (Fsp3) is 0.385. The molecule has 0 fully saturated rings. The summed E-state index contributed by atoms with van der Waals surface area (Å²) in [6.45, 7) is 1.19. The van der Waals surface area contributed by atoms with Gasteiger partial charge in [0, 0.05) is 11.4 Å². The maximum atomic E-state index is 5.79. The number of hydrogen-bond acceptors (Lipinski definition) is 5. The Balaban J connectivity index is 1.81. The Morgan fingerprint density at radius 3 is 2.68 bits per heavy atom. The summed E-state index contributed by atoms with van der Waals surface area (Å²) in [4.78, 5) is 0. The first-order chi connectivity index (χ1) is 9.28. The van der Waals surface area contributed by atoms with Gasteiger partial charge in [0.05, 0.1) is 0 Å². The number of nitrogens with one attached hydrogen (secondary N) is 1. The highest BCUT2D eigenvalue weighted by Crippen LogP contribution is 2.16. The monoisotopic (exact) mass is 281 g/mol. The molecule has 0 radical (unpaired) electrons. The van der Waals surface area contributed by atoms with Gasteiger partial charge < -0.3 is 14.5 Å². The molecule has 1 aromatic heterocycles. The van der Waals surface area contributed by atoms with Gasteiger partial charge in [0.2, 0.25) is 5.89 Å². The Bertz CT molecular complexity index is 499. The van der Waals surface area contributed by atoms with Crippen LogP contribution in [0.1, 0.15) is 18.2 Å². The molecule has 2 aromatic rings. The second-order valence-electron chi connectivity index (χ2n) is 4.04. The van der Waals surface area contributed by atoms with Crippen LogP contribution in [0.5, 0.6) is 5.75 Å². The van der Waals surface area contributed by atoms with Gasteiger partial charge in [-0.3, -0.25) is 0 Å². The Labute approximate surface area is 116 Å². The predicted octanol–water partition coefficient (Wildman–Crippen LogP) is 2.45. The van der Waals surface area contributed by atoms with E-state index >= 15 is 0 Å². The van der Waals surface area contributed by atoms with E-state index in [1.54, 1.807) is 24.3 Å². The van der Waals surface area contributed by atoms with Crippen molar-refractivity contribution in [3.05, 3.63) is 41.1 Å². The zero-order valence-electron chi connectivity index (χ0n) is 10.7. The first-order valence-electron chi connectivity index (χ1n) is 6.12. The standard InChI is InChI=1S/C13H16ClN3O2/c1-15-8-2-3-12-16-17-13(19-12)9-18-11-6-4-10(14)5-7-11/h4-7,15H,2-3,8-9H2,1H3. The van der Waals surface area contributed by atoms with Crippen LogP contribution in [0, 0.1) is 0 Å². The minimum Gasteiger partial charge on any atom is -0.484 e. The number of rotatable bonds is 7. The van der Waals surface area contributed by atoms with E-state index in [4.69, 9.17) is 20.8 Å². The number of aryl methyl sites for hydroxylation is 1. The van der Waals surface area contributed by atoms with Crippen LogP contribution in [-0.2, 0) is 13.0 Å². The minimum absolute atomic E-state index is 0.265. The third kappa shape index (κ3) is 4.54. The van der Waals surface area contributed by atoms with E-state index in [2.05, 4.69) is 15.5 Å². The molecule has 0 aliphatic carbocycles. The van der Waals surface area contributed by atoms with E-state index in [-0.39, 0.29) is 6.61 Å². The van der Waals surface area contributed by atoms with Crippen LogP contribution >= 0.6 is 11.6 Å². The molecule has 0 unspecified atom stereocenters. The molecule has 1 heterocycles. The fourth-order valence-corrected chi connectivity index (χ4v) is 1.67. The molecule has 19 heavy (non-hydrogen) atoms. The lowest BCUT2D eigenvalue weighted by molar-refractivity contribution is 0.258. The Morgan fingerprint density at radius 2 is 1.95 bits per heavy atom. The normalized spacial score (nSPS) is 10.6. The topological polar surface area (TPSA) is 60.2 Å². The van der Waals surface area contributed by atoms with Crippen LogP contribution in [0.25, 0.3) is 0 Å². The van der Waals surface area contributed by atoms with E-state index in [1.165, 1.54) is 0 Å². The van der Waals surface area contributed by atoms with E-state index in [9.17, 15) is 0 Å². The molecule has 0 aliphatic heterocycles. The molecular weight excluding hydrogens is 266 g/mol. The summed E-state index contributed by atoms with van der Waals surface area (Å²) in [5, 5.41) is 11.7. The largest absolute Gasteiger partial charge is 0.484 e. The quantitative estimate of drug-likeness (QED) is 0.790. The highest BCUT2D eigenvalue weighted by Gasteiger charge is 2.06. The maximum Gasteiger partial charge on any atom is 0.253 e. The first kappa shape index (κ1) is 13.8. The third-order valence-electron chi connectivity index (χ3n) is 2.50. The molecule has 1 aromatic carbocycles. The Morgan fingerprint density at radius 1 is 1.21 bits per heavy atom. The zero-order chi connectivity index (χ0) is 13.5. The van der Waals surface area contributed by atoms with E-state index < -0.39 is 0 Å². The van der Waals surface area contributed by atoms with E-state index in [1.807, 2.05) is 7.05 Å². The lowest BCUT2D eigenvalue weighted by atomic mass is 10.3. The summed E-state index contributed by atoms with van der Waals surface area (Å²) in [5.41, 5.74) is 0. The van der Waals surface area contributed by atoms with Gasteiger partial charge in [-0.2, -0.15) is 0 Å². The highest BCUT2D eigenvalue weighted by molar-refractivity contribution is 6.30. The summed E-state index contributed by atoms with van der Waals surface area (Å²) < 4.78 is 11.0. The SMILES string of the molecule is CNCCCc1nnc(COc2ccc(Cl)cc2)o1. The fourth-order valence-electron chi connectivity index (χ4n) is 1.54. The number of hydrogen-bond donors (Lipinski definition) is 1. The number of nitrogens with zero attached hydrogens (tertiary/aromatic N) is 2. The lowest BCUT2D eigenvalue weighted by Crippen LogP contribution is -2.08. The van der Waals surface area contributed by atoms with Crippen molar-refractivity contribution < 1.29 is 9.15 Å². The van der Waals surface area contributed by atoms with Crippen molar-refractivity contribution in [1.29, 1.82) is 0 Å². The Kier molecular flexibility index (Phi) is 5.18. The molecule has 0 atom stereocenters. The van der Waals surface area contributed by atoms with Gasteiger partial charge in [0.25, 0.3) is 5.89 Å². The highest BCUT2D eigenvalue weighted by atomic mass is 35.5. The summed E-state index contributed by atoms with van der Waals surface area (Å²) in [5.74, 6) is 1.85. The third-order valence-corrected chi connectivity index (χ3v) is 2.75. The van der Waals surface area contributed by atoms with Crippen LogP contribution in [-0.4, -0.2) is 23.8 Å². The number of aromatic nitrogens is 2. The van der Waals surface area contributed by atoms with Gasteiger partial charge in [-0.05, 0) is 44.3 Å². The van der Waals surface area contributed by atoms with E-state index in [0.29, 0.717) is 16.8 Å². The number of benzene rings is 1. The number of ether oxygens (including phenoxy) is 1. The van der Waals surface area contributed by atoms with Crippen molar-refractivity contribution in [2.75, 3.05) is 13.6 Å². The van der Waals surface area contributed by atoms with Crippen LogP contribution in [0.4, 0.5) is 0 Å². The smallest absolute Gasteiger partial charge is 0.253 e. The zero-order valence-corrected chi connectivity index (χ0v) is 11.5. The molecule has 1 N–H and O–H groups in total. The maximum absolute atomic E-state index is 5.79. The lowest BCUT2D eigenvalue weighted by Gasteiger charge is -2.02. The second kappa shape index (κ2) is 7.11. The van der Waals surface area contributed by atoms with Crippen molar-refractivity contribution in [3.8, 4) is 5.75 Å². The molecule has 0 bridgehead atoms. The summed E-state index contributed by atoms with van der Waals surface area (Å²) in [6, 6.07) is 7.14. The molecular formula is C13H16ClN3O2.